The van der Waals surface area contributed by atoms with E-state index in [1.165, 1.54) is 0 Å². The third-order valence-corrected chi connectivity index (χ3v) is 7.16. The fraction of sp³-hybridized carbons (Fsp3) is 0.750. The molecule has 5 rings (SSSR count). The fourth-order valence-electron chi connectivity index (χ4n) is 5.77. The van der Waals surface area contributed by atoms with Gasteiger partial charge in [0.25, 0.3) is 5.91 Å². The summed E-state index contributed by atoms with van der Waals surface area (Å²) in [5.74, 6) is 1.87. The van der Waals surface area contributed by atoms with Crippen molar-refractivity contribution in [2.45, 2.75) is 71.4 Å². The van der Waals surface area contributed by atoms with Gasteiger partial charge in [0.05, 0.1) is 25.0 Å². The zero-order valence-corrected chi connectivity index (χ0v) is 19.2. The van der Waals surface area contributed by atoms with Gasteiger partial charge in [0.15, 0.2) is 0 Å². The molecule has 0 radical (unpaired) electrons. The summed E-state index contributed by atoms with van der Waals surface area (Å²) in [6.45, 7) is 8.46. The van der Waals surface area contributed by atoms with Gasteiger partial charge < -0.3 is 20.3 Å². The fourth-order valence-corrected chi connectivity index (χ4v) is 5.77. The van der Waals surface area contributed by atoms with Crippen LogP contribution in [-0.4, -0.2) is 50.8 Å². The minimum atomic E-state index is -0.515. The van der Waals surface area contributed by atoms with Crippen molar-refractivity contribution in [2.75, 3.05) is 13.2 Å². The minimum Gasteiger partial charge on any atom is -0.477 e. The Hall–Kier alpha value is -1.86. The molecular weight excluding hydrogens is 394 g/mol. The van der Waals surface area contributed by atoms with Crippen molar-refractivity contribution >= 4 is 12.1 Å². The van der Waals surface area contributed by atoms with Crippen LogP contribution in [0.5, 0.6) is 5.88 Å². The molecule has 172 valence electrons. The van der Waals surface area contributed by atoms with Crippen LogP contribution in [0.3, 0.4) is 0 Å². The Bertz CT molecular complexity index is 828. The number of nitrogens with zero attached hydrogens (tertiary/aromatic N) is 2. The normalized spacial score (nSPS) is 32.2. The molecule has 7 heteroatoms. The van der Waals surface area contributed by atoms with Gasteiger partial charge in [0, 0.05) is 17.7 Å². The number of aliphatic hydroxyl groups is 2. The average Bonchev–Trinajstić information content (AvgIpc) is 3.09. The van der Waals surface area contributed by atoms with Gasteiger partial charge in [-0.05, 0) is 55.8 Å². The Labute approximate surface area is 184 Å². The van der Waals surface area contributed by atoms with Crippen LogP contribution in [0, 0.1) is 29.1 Å². The number of hydrogen-bond acceptors (Lipinski definition) is 5. The van der Waals surface area contributed by atoms with Crippen molar-refractivity contribution in [3.05, 3.63) is 17.8 Å². The molecule has 0 saturated heterocycles. The first-order valence-corrected chi connectivity index (χ1v) is 11.6. The second-order valence-corrected chi connectivity index (χ2v) is 11.2. The maximum Gasteiger partial charge on any atom is 0.258 e. The lowest BCUT2D eigenvalue weighted by atomic mass is 9.52. The molecular formula is C24H37N3O4. The molecule has 4 aliphatic carbocycles. The van der Waals surface area contributed by atoms with Gasteiger partial charge in [0.2, 0.25) is 5.88 Å². The SMILES string of the molecule is CC(C)COc1c(C(=O)NC2C3CC4CC2CC(O)(C4)C3)cnn1/C=C/C(C)(C)CO. The molecule has 7 nitrogen and oxygen atoms in total. The second-order valence-electron chi connectivity index (χ2n) is 11.2. The van der Waals surface area contributed by atoms with E-state index in [1.807, 2.05) is 19.9 Å². The van der Waals surface area contributed by atoms with Crippen molar-refractivity contribution in [1.82, 2.24) is 15.1 Å². The minimum absolute atomic E-state index is 0.0120. The predicted octanol–water partition coefficient (Wildman–Crippen LogP) is 3.08. The van der Waals surface area contributed by atoms with E-state index < -0.39 is 11.0 Å². The summed E-state index contributed by atoms with van der Waals surface area (Å²) in [5.41, 5.74) is -0.484. The molecule has 1 aromatic heterocycles. The monoisotopic (exact) mass is 431 g/mol. The molecule has 0 aliphatic heterocycles. The number of carbonyl (C=O) groups excluding carboxylic acids is 1. The summed E-state index contributed by atoms with van der Waals surface area (Å²) in [6.07, 6.45) is 9.88. The van der Waals surface area contributed by atoms with Crippen LogP contribution in [0.1, 0.15) is 70.2 Å². The van der Waals surface area contributed by atoms with Crippen molar-refractivity contribution in [3.8, 4) is 5.88 Å². The molecule has 3 N–H and O–H groups in total. The number of ether oxygens (including phenoxy) is 1. The Morgan fingerprint density at radius 3 is 2.61 bits per heavy atom. The van der Waals surface area contributed by atoms with Crippen LogP contribution in [0.25, 0.3) is 6.20 Å². The molecule has 4 fully saturated rings. The third-order valence-electron chi connectivity index (χ3n) is 7.16. The predicted molar refractivity (Wildman–Crippen MR) is 119 cm³/mol. The summed E-state index contributed by atoms with van der Waals surface area (Å²) in [6, 6.07) is 0.106. The Morgan fingerprint density at radius 2 is 2.03 bits per heavy atom. The molecule has 31 heavy (non-hydrogen) atoms. The Morgan fingerprint density at radius 1 is 1.35 bits per heavy atom. The van der Waals surface area contributed by atoms with Crippen LogP contribution < -0.4 is 10.1 Å². The summed E-state index contributed by atoms with van der Waals surface area (Å²) < 4.78 is 7.58. The van der Waals surface area contributed by atoms with Crippen LogP contribution in [-0.2, 0) is 0 Å². The molecule has 1 amide bonds. The van der Waals surface area contributed by atoms with Gasteiger partial charge in [-0.1, -0.05) is 33.8 Å². The molecule has 0 aromatic carbocycles. The first-order valence-electron chi connectivity index (χ1n) is 11.6. The van der Waals surface area contributed by atoms with E-state index >= 15 is 0 Å². The topological polar surface area (TPSA) is 96.6 Å². The standard InChI is InChI=1S/C24H37N3O4/c1-15(2)13-31-22-19(12-25-27(22)6-5-23(3,4)14-28)21(29)26-20-17-7-16-8-18(20)11-24(30,9-16)10-17/h5-6,12,15-18,20,28,30H,7-11,13-14H2,1-4H3,(H,26,29)/b6-5+. The smallest absolute Gasteiger partial charge is 0.258 e. The Kier molecular flexibility index (Phi) is 5.94. The average molecular weight is 432 g/mol. The van der Waals surface area contributed by atoms with Crippen LogP contribution in [0.4, 0.5) is 0 Å². The molecule has 2 atom stereocenters. The molecule has 4 saturated carbocycles. The van der Waals surface area contributed by atoms with Crippen molar-refractivity contribution in [3.63, 3.8) is 0 Å². The van der Waals surface area contributed by atoms with Crippen LogP contribution >= 0.6 is 0 Å². The highest BCUT2D eigenvalue weighted by atomic mass is 16.5. The lowest BCUT2D eigenvalue weighted by Crippen LogP contribution is -2.61. The molecule has 2 unspecified atom stereocenters. The van der Waals surface area contributed by atoms with E-state index in [-0.39, 0.29) is 18.6 Å². The van der Waals surface area contributed by atoms with Gasteiger partial charge in [-0.2, -0.15) is 5.10 Å². The van der Waals surface area contributed by atoms with Crippen molar-refractivity contribution < 1.29 is 19.7 Å². The summed E-state index contributed by atoms with van der Waals surface area (Å²) in [7, 11) is 0. The second kappa shape index (κ2) is 8.24. The van der Waals surface area contributed by atoms with E-state index in [0.717, 1.165) is 32.1 Å². The highest BCUT2D eigenvalue weighted by Crippen LogP contribution is 2.55. The van der Waals surface area contributed by atoms with Crippen LogP contribution in [0.2, 0.25) is 0 Å². The lowest BCUT2D eigenvalue weighted by molar-refractivity contribution is -0.136. The van der Waals surface area contributed by atoms with Gasteiger partial charge >= 0.3 is 0 Å². The van der Waals surface area contributed by atoms with Crippen LogP contribution in [0.15, 0.2) is 12.3 Å². The van der Waals surface area contributed by atoms with Gasteiger partial charge in [-0.15, -0.1) is 0 Å². The first-order chi connectivity index (χ1) is 14.6. The highest BCUT2D eigenvalue weighted by Gasteiger charge is 2.55. The molecule has 1 heterocycles. The van der Waals surface area contributed by atoms with E-state index in [2.05, 4.69) is 24.3 Å². The van der Waals surface area contributed by atoms with Gasteiger partial charge in [0.1, 0.15) is 5.56 Å². The Balaban J connectivity index is 1.53. The summed E-state index contributed by atoms with van der Waals surface area (Å²) in [4.78, 5) is 13.3. The molecule has 1 aromatic rings. The number of amides is 1. The number of carbonyl (C=O) groups is 1. The van der Waals surface area contributed by atoms with E-state index in [9.17, 15) is 15.0 Å². The number of aromatic nitrogens is 2. The molecule has 4 bridgehead atoms. The van der Waals surface area contributed by atoms with Crippen molar-refractivity contribution in [2.24, 2.45) is 29.1 Å². The maximum absolute atomic E-state index is 13.3. The zero-order chi connectivity index (χ0) is 22.4. The molecule has 0 spiro atoms. The highest BCUT2D eigenvalue weighted by molar-refractivity contribution is 5.96. The van der Waals surface area contributed by atoms with Gasteiger partial charge in [-0.3, -0.25) is 4.79 Å². The number of rotatable bonds is 8. The quantitative estimate of drug-likeness (QED) is 0.588. The summed E-state index contributed by atoms with van der Waals surface area (Å²) in [5, 5.41) is 28.0. The largest absolute Gasteiger partial charge is 0.477 e. The molecule has 4 aliphatic rings. The summed E-state index contributed by atoms with van der Waals surface area (Å²) >= 11 is 0. The van der Waals surface area contributed by atoms with E-state index in [1.54, 1.807) is 17.1 Å². The van der Waals surface area contributed by atoms with Crippen molar-refractivity contribution in [1.29, 1.82) is 0 Å². The third kappa shape index (κ3) is 4.67. The first kappa shape index (κ1) is 22.3. The van der Waals surface area contributed by atoms with E-state index in [4.69, 9.17) is 4.74 Å². The number of nitrogens with one attached hydrogen (secondary N) is 1. The van der Waals surface area contributed by atoms with Gasteiger partial charge in [-0.25, -0.2) is 4.68 Å². The zero-order valence-electron chi connectivity index (χ0n) is 19.2. The number of aliphatic hydroxyl groups excluding tert-OH is 1. The van der Waals surface area contributed by atoms with E-state index in [0.29, 0.717) is 41.7 Å². The lowest BCUT2D eigenvalue weighted by Gasteiger charge is -2.58. The number of hydrogen-bond donors (Lipinski definition) is 3. The maximum atomic E-state index is 13.3.